The molecule has 7 aromatic carbocycles. The standard InChI is InChI=1S/C42H36N2/c1-29-12-20-35(21-13-29)43(36-22-14-30(2)15-23-36)40-11-7-9-34-28-33-8-5-6-10-39(33)42(41(34)40)44(37-24-16-31(3)17-25-37)38-26-18-32(4)19-27-38/h5-28H,1-4H3. The predicted molar refractivity (Wildman–Crippen MR) is 190 cm³/mol. The second-order valence-corrected chi connectivity index (χ2v) is 11.8. The first kappa shape index (κ1) is 27.5. The second-order valence-electron chi connectivity index (χ2n) is 11.8. The van der Waals surface area contributed by atoms with E-state index in [2.05, 4.69) is 183 Å². The fraction of sp³-hybridized carbons (Fsp3) is 0.0952. The summed E-state index contributed by atoms with van der Waals surface area (Å²) in [5.41, 5.74) is 11.8. The van der Waals surface area contributed by atoms with E-state index in [0.29, 0.717) is 0 Å². The molecule has 0 spiro atoms. The van der Waals surface area contributed by atoms with Crippen LogP contribution in [-0.2, 0) is 0 Å². The van der Waals surface area contributed by atoms with E-state index in [1.54, 1.807) is 0 Å². The zero-order valence-electron chi connectivity index (χ0n) is 25.8. The van der Waals surface area contributed by atoms with Gasteiger partial charge in [0.1, 0.15) is 0 Å². The van der Waals surface area contributed by atoms with Gasteiger partial charge in [0.05, 0.1) is 11.4 Å². The molecule has 0 saturated carbocycles. The van der Waals surface area contributed by atoms with Crippen LogP contribution >= 0.6 is 0 Å². The minimum atomic E-state index is 1.13. The van der Waals surface area contributed by atoms with Crippen LogP contribution in [0.25, 0.3) is 21.5 Å². The maximum absolute atomic E-state index is 2.44. The Labute approximate surface area is 260 Å². The second kappa shape index (κ2) is 11.4. The highest BCUT2D eigenvalue weighted by atomic mass is 15.2. The molecule has 0 fully saturated rings. The third-order valence-electron chi connectivity index (χ3n) is 8.47. The van der Waals surface area contributed by atoms with Crippen LogP contribution in [0.1, 0.15) is 22.3 Å². The van der Waals surface area contributed by atoms with Crippen molar-refractivity contribution >= 4 is 55.7 Å². The Hall–Kier alpha value is -5.34. The number of nitrogens with zero attached hydrogens (tertiary/aromatic N) is 2. The summed E-state index contributed by atoms with van der Waals surface area (Å²) >= 11 is 0. The lowest BCUT2D eigenvalue weighted by Crippen LogP contribution is -2.14. The summed E-state index contributed by atoms with van der Waals surface area (Å²) in [5.74, 6) is 0. The Morgan fingerprint density at radius 3 is 1.25 bits per heavy atom. The van der Waals surface area contributed by atoms with E-state index in [-0.39, 0.29) is 0 Å². The van der Waals surface area contributed by atoms with Crippen LogP contribution < -0.4 is 9.80 Å². The predicted octanol–water partition coefficient (Wildman–Crippen LogP) is 12.2. The van der Waals surface area contributed by atoms with Crippen molar-refractivity contribution in [3.63, 3.8) is 0 Å². The summed E-state index contributed by atoms with van der Waals surface area (Å²) in [4.78, 5) is 4.84. The van der Waals surface area contributed by atoms with E-state index >= 15 is 0 Å². The van der Waals surface area contributed by atoms with Crippen LogP contribution in [0, 0.1) is 27.7 Å². The van der Waals surface area contributed by atoms with Crippen molar-refractivity contribution in [1.29, 1.82) is 0 Å². The molecule has 44 heavy (non-hydrogen) atoms. The summed E-state index contributed by atoms with van der Waals surface area (Å²) in [7, 11) is 0. The Kier molecular flexibility index (Phi) is 7.12. The summed E-state index contributed by atoms with van der Waals surface area (Å²) < 4.78 is 0. The van der Waals surface area contributed by atoms with E-state index in [1.165, 1.54) is 49.5 Å². The molecule has 0 aliphatic heterocycles. The van der Waals surface area contributed by atoms with E-state index in [0.717, 1.165) is 28.4 Å². The molecule has 7 rings (SSSR count). The van der Waals surface area contributed by atoms with Crippen LogP contribution in [0.5, 0.6) is 0 Å². The molecule has 0 aromatic heterocycles. The first-order valence-corrected chi connectivity index (χ1v) is 15.3. The SMILES string of the molecule is Cc1ccc(N(c2ccc(C)cc2)c2cccc3cc4ccccc4c(N(c4ccc(C)cc4)c4ccc(C)cc4)c23)cc1. The molecule has 0 saturated heterocycles. The van der Waals surface area contributed by atoms with Crippen LogP contribution in [0.15, 0.2) is 146 Å². The van der Waals surface area contributed by atoms with Gasteiger partial charge in [0.2, 0.25) is 0 Å². The monoisotopic (exact) mass is 568 g/mol. The average molecular weight is 569 g/mol. The number of benzene rings is 7. The quantitative estimate of drug-likeness (QED) is 0.184. The topological polar surface area (TPSA) is 6.48 Å². The molecule has 0 unspecified atom stereocenters. The highest BCUT2D eigenvalue weighted by molar-refractivity contribution is 6.19. The van der Waals surface area contributed by atoms with Gasteiger partial charge in [-0.3, -0.25) is 0 Å². The van der Waals surface area contributed by atoms with Gasteiger partial charge < -0.3 is 9.80 Å². The maximum atomic E-state index is 2.44. The molecule has 0 N–H and O–H groups in total. The Morgan fingerprint density at radius 2 is 0.773 bits per heavy atom. The van der Waals surface area contributed by atoms with Gasteiger partial charge in [-0.05, 0) is 99.1 Å². The largest absolute Gasteiger partial charge is 0.310 e. The van der Waals surface area contributed by atoms with Crippen LogP contribution in [0.3, 0.4) is 0 Å². The summed E-state index contributed by atoms with van der Waals surface area (Å²) in [6, 6.07) is 53.3. The summed E-state index contributed by atoms with van der Waals surface area (Å²) in [6.07, 6.45) is 0. The van der Waals surface area contributed by atoms with Crippen LogP contribution in [0.2, 0.25) is 0 Å². The molecule has 214 valence electrons. The minimum absolute atomic E-state index is 1.13. The van der Waals surface area contributed by atoms with E-state index < -0.39 is 0 Å². The van der Waals surface area contributed by atoms with Crippen molar-refractivity contribution in [2.24, 2.45) is 0 Å². The van der Waals surface area contributed by atoms with Gasteiger partial charge in [0, 0.05) is 33.5 Å². The number of hydrogen-bond acceptors (Lipinski definition) is 2. The van der Waals surface area contributed by atoms with Crippen molar-refractivity contribution in [3.05, 3.63) is 168 Å². The highest BCUT2D eigenvalue weighted by Gasteiger charge is 2.24. The molecule has 0 radical (unpaired) electrons. The fourth-order valence-electron chi connectivity index (χ4n) is 6.10. The molecule has 0 aliphatic carbocycles. The first-order chi connectivity index (χ1) is 21.5. The van der Waals surface area contributed by atoms with E-state index in [1.807, 2.05) is 0 Å². The molecular formula is C42H36N2. The molecule has 2 nitrogen and oxygen atoms in total. The van der Waals surface area contributed by atoms with Crippen molar-refractivity contribution in [1.82, 2.24) is 0 Å². The van der Waals surface area contributed by atoms with Gasteiger partial charge in [-0.2, -0.15) is 0 Å². The van der Waals surface area contributed by atoms with Crippen LogP contribution in [-0.4, -0.2) is 0 Å². The lowest BCUT2D eigenvalue weighted by Gasteiger charge is -2.32. The van der Waals surface area contributed by atoms with Gasteiger partial charge in [-0.25, -0.2) is 0 Å². The molecule has 0 amide bonds. The van der Waals surface area contributed by atoms with Gasteiger partial charge in [0.25, 0.3) is 0 Å². The smallest absolute Gasteiger partial charge is 0.0639 e. The third kappa shape index (κ3) is 5.09. The average Bonchev–Trinajstić information content (AvgIpc) is 3.04. The number of hydrogen-bond donors (Lipinski definition) is 0. The van der Waals surface area contributed by atoms with Gasteiger partial charge in [0.15, 0.2) is 0 Å². The summed E-state index contributed by atoms with van der Waals surface area (Å²) in [6.45, 7) is 8.57. The molecule has 0 heterocycles. The fourth-order valence-corrected chi connectivity index (χ4v) is 6.10. The van der Waals surface area contributed by atoms with Crippen molar-refractivity contribution < 1.29 is 0 Å². The van der Waals surface area contributed by atoms with Gasteiger partial charge in [-0.1, -0.05) is 107 Å². The molecule has 7 aromatic rings. The number of fused-ring (bicyclic) bond motifs is 2. The Morgan fingerprint density at radius 1 is 0.364 bits per heavy atom. The Balaban J connectivity index is 1.62. The maximum Gasteiger partial charge on any atom is 0.0639 e. The van der Waals surface area contributed by atoms with Gasteiger partial charge in [-0.15, -0.1) is 0 Å². The Bertz CT molecular complexity index is 1980. The molecular weight excluding hydrogens is 532 g/mol. The molecule has 0 aliphatic rings. The number of rotatable bonds is 6. The van der Waals surface area contributed by atoms with Gasteiger partial charge >= 0.3 is 0 Å². The van der Waals surface area contributed by atoms with Crippen molar-refractivity contribution in [3.8, 4) is 0 Å². The van der Waals surface area contributed by atoms with E-state index in [4.69, 9.17) is 0 Å². The highest BCUT2D eigenvalue weighted by Crippen LogP contribution is 2.49. The van der Waals surface area contributed by atoms with Crippen molar-refractivity contribution in [2.75, 3.05) is 9.80 Å². The van der Waals surface area contributed by atoms with Crippen LogP contribution in [0.4, 0.5) is 34.1 Å². The van der Waals surface area contributed by atoms with Crippen molar-refractivity contribution in [2.45, 2.75) is 27.7 Å². The number of anilines is 6. The lowest BCUT2D eigenvalue weighted by molar-refractivity contribution is 1.27. The zero-order chi connectivity index (χ0) is 30.2. The molecule has 0 atom stereocenters. The lowest BCUT2D eigenvalue weighted by atomic mass is 9.96. The third-order valence-corrected chi connectivity index (χ3v) is 8.47. The molecule has 0 bridgehead atoms. The molecule has 2 heteroatoms. The summed E-state index contributed by atoms with van der Waals surface area (Å²) in [5, 5.41) is 4.83. The first-order valence-electron chi connectivity index (χ1n) is 15.3. The minimum Gasteiger partial charge on any atom is -0.310 e. The zero-order valence-corrected chi connectivity index (χ0v) is 25.8. The van der Waals surface area contributed by atoms with E-state index in [9.17, 15) is 0 Å². The number of aryl methyl sites for hydroxylation is 4. The normalized spacial score (nSPS) is 11.2.